The van der Waals surface area contributed by atoms with Crippen LogP contribution in [0, 0.1) is 6.92 Å². The minimum Gasteiger partial charge on any atom is -0.481 e. The Kier molecular flexibility index (Phi) is 7.84. The van der Waals surface area contributed by atoms with Crippen LogP contribution in [-0.2, 0) is 14.6 Å². The van der Waals surface area contributed by atoms with E-state index in [1.165, 1.54) is 0 Å². The lowest BCUT2D eigenvalue weighted by Gasteiger charge is -2.15. The molecular formula is C25H27NO5S2. The van der Waals surface area contributed by atoms with Gasteiger partial charge in [-0.2, -0.15) is 0 Å². The minimum atomic E-state index is -3.33. The summed E-state index contributed by atoms with van der Waals surface area (Å²) >= 11 is 5.00. The molecule has 174 valence electrons. The predicted molar refractivity (Wildman–Crippen MR) is 133 cm³/mol. The predicted octanol–water partition coefficient (Wildman–Crippen LogP) is 4.53. The fourth-order valence-corrected chi connectivity index (χ4v) is 4.76. The number of hydrogen-bond acceptors (Lipinski definition) is 5. The van der Waals surface area contributed by atoms with Gasteiger partial charge in [0.2, 0.25) is 0 Å². The Morgan fingerprint density at radius 1 is 1.09 bits per heavy atom. The molecule has 1 aromatic heterocycles. The van der Waals surface area contributed by atoms with Crippen LogP contribution >= 0.6 is 12.2 Å². The number of thiocarbonyl (C=S) groups is 1. The third-order valence-corrected chi connectivity index (χ3v) is 7.13. The minimum absolute atomic E-state index is 0.0243. The molecule has 2 aromatic carbocycles. The lowest BCUT2D eigenvalue weighted by atomic mass is 9.93. The first kappa shape index (κ1) is 24.8. The zero-order valence-corrected chi connectivity index (χ0v) is 20.2. The van der Waals surface area contributed by atoms with E-state index in [2.05, 4.69) is 0 Å². The lowest BCUT2D eigenvalue weighted by Crippen LogP contribution is -2.13. The Labute approximate surface area is 199 Å². The van der Waals surface area contributed by atoms with E-state index in [1.807, 2.05) is 41.8 Å². The van der Waals surface area contributed by atoms with Gasteiger partial charge in [-0.05, 0) is 73.2 Å². The second-order valence-corrected chi connectivity index (χ2v) is 10.3. The van der Waals surface area contributed by atoms with E-state index >= 15 is 0 Å². The Morgan fingerprint density at radius 3 is 2.24 bits per heavy atom. The number of benzene rings is 2. The molecule has 0 fully saturated rings. The van der Waals surface area contributed by atoms with Crippen LogP contribution in [-0.4, -0.2) is 47.4 Å². The van der Waals surface area contributed by atoms with E-state index in [0.29, 0.717) is 24.8 Å². The highest BCUT2D eigenvalue weighted by molar-refractivity contribution is 7.90. The second kappa shape index (κ2) is 10.4. The summed E-state index contributed by atoms with van der Waals surface area (Å²) in [4.78, 5) is 12.3. The monoisotopic (exact) mass is 485 g/mol. The summed E-state index contributed by atoms with van der Waals surface area (Å²) < 4.78 is 25.7. The third kappa shape index (κ3) is 5.58. The zero-order chi connectivity index (χ0) is 24.2. The maximum Gasteiger partial charge on any atom is 0.311 e. The van der Waals surface area contributed by atoms with E-state index in [-0.39, 0.29) is 11.5 Å². The van der Waals surface area contributed by atoms with Crippen molar-refractivity contribution in [2.75, 3.05) is 12.9 Å². The van der Waals surface area contributed by atoms with Crippen molar-refractivity contribution < 1.29 is 23.4 Å². The van der Waals surface area contributed by atoms with E-state index in [4.69, 9.17) is 17.3 Å². The average Bonchev–Trinajstić information content (AvgIpc) is 3.12. The number of hydrogen-bond donors (Lipinski definition) is 2. The standard InChI is InChI=1S/C25H27NO5S2/c1-17-23(22(25(28)29)5-3-4-14-27)15-24(19-8-12-21(13-9-19)33(2,30)31)26(17)20-10-6-18(16-32)7-11-20/h6-13,15-16,22,27H,3-5,14H2,1-2H3,(H,28,29). The van der Waals surface area contributed by atoms with E-state index < -0.39 is 21.7 Å². The molecule has 3 rings (SSSR count). The molecule has 0 aliphatic heterocycles. The number of carboxylic acids is 1. The van der Waals surface area contributed by atoms with Crippen molar-refractivity contribution >= 4 is 33.4 Å². The van der Waals surface area contributed by atoms with Crippen LogP contribution in [0.5, 0.6) is 0 Å². The van der Waals surface area contributed by atoms with Gasteiger partial charge < -0.3 is 14.8 Å². The lowest BCUT2D eigenvalue weighted by molar-refractivity contribution is -0.139. The molecule has 2 N–H and O–H groups in total. The molecule has 1 heterocycles. The number of aromatic nitrogens is 1. The van der Waals surface area contributed by atoms with E-state index in [0.717, 1.165) is 34.5 Å². The van der Waals surface area contributed by atoms with Gasteiger partial charge in [0, 0.05) is 29.6 Å². The summed E-state index contributed by atoms with van der Waals surface area (Å²) in [6.45, 7) is 1.91. The number of aliphatic hydroxyl groups excluding tert-OH is 1. The summed E-state index contributed by atoms with van der Waals surface area (Å²) in [7, 11) is -3.33. The van der Waals surface area contributed by atoms with E-state index in [9.17, 15) is 18.3 Å². The van der Waals surface area contributed by atoms with Crippen molar-refractivity contribution in [3.05, 3.63) is 71.4 Å². The SMILES string of the molecule is Cc1c(C(CCCCO)C(=O)O)cc(-c2ccc(S(C)(=O)=O)cc2)n1-c1ccc(C=S)cc1. The molecule has 8 heteroatoms. The smallest absolute Gasteiger partial charge is 0.311 e. The molecule has 0 bridgehead atoms. The molecule has 0 amide bonds. The molecular weight excluding hydrogens is 458 g/mol. The van der Waals surface area contributed by atoms with Gasteiger partial charge in [-0.3, -0.25) is 4.79 Å². The van der Waals surface area contributed by atoms with Crippen molar-refractivity contribution in [2.45, 2.75) is 37.0 Å². The maximum absolute atomic E-state index is 12.1. The summed E-state index contributed by atoms with van der Waals surface area (Å²) in [5.41, 5.74) is 4.78. The van der Waals surface area contributed by atoms with Crippen LogP contribution in [0.1, 0.15) is 42.0 Å². The Bertz CT molecular complexity index is 1240. The number of sulfone groups is 1. The molecule has 0 aliphatic rings. The third-order valence-electron chi connectivity index (χ3n) is 5.73. The van der Waals surface area contributed by atoms with Gasteiger partial charge in [-0.1, -0.05) is 36.5 Å². The van der Waals surface area contributed by atoms with Crippen LogP contribution in [0.25, 0.3) is 16.9 Å². The van der Waals surface area contributed by atoms with Crippen molar-refractivity contribution in [3.63, 3.8) is 0 Å². The normalized spacial score (nSPS) is 12.5. The topological polar surface area (TPSA) is 96.6 Å². The zero-order valence-electron chi connectivity index (χ0n) is 18.6. The van der Waals surface area contributed by atoms with Gasteiger partial charge in [0.05, 0.1) is 16.5 Å². The quantitative estimate of drug-likeness (QED) is 0.323. The highest BCUT2D eigenvalue weighted by Gasteiger charge is 2.26. The molecule has 0 spiro atoms. The van der Waals surface area contributed by atoms with Crippen LogP contribution in [0.4, 0.5) is 0 Å². The Morgan fingerprint density at radius 2 is 1.73 bits per heavy atom. The van der Waals surface area contributed by atoms with Gasteiger partial charge >= 0.3 is 5.97 Å². The fraction of sp³-hybridized carbons (Fsp3) is 0.280. The van der Waals surface area contributed by atoms with Gasteiger partial charge in [0.1, 0.15) is 0 Å². The number of aliphatic carboxylic acids is 1. The second-order valence-electron chi connectivity index (χ2n) is 8.02. The van der Waals surface area contributed by atoms with Crippen LogP contribution in [0.2, 0.25) is 0 Å². The van der Waals surface area contributed by atoms with Gasteiger partial charge in [0.15, 0.2) is 9.84 Å². The summed E-state index contributed by atoms with van der Waals surface area (Å²) in [6, 6.07) is 16.1. The van der Waals surface area contributed by atoms with Crippen LogP contribution in [0.15, 0.2) is 59.5 Å². The van der Waals surface area contributed by atoms with Crippen molar-refractivity contribution in [1.82, 2.24) is 4.57 Å². The van der Waals surface area contributed by atoms with Crippen LogP contribution < -0.4 is 0 Å². The molecule has 1 atom stereocenters. The highest BCUT2D eigenvalue weighted by atomic mass is 32.2. The molecule has 33 heavy (non-hydrogen) atoms. The number of rotatable bonds is 10. The number of unbranched alkanes of at least 4 members (excludes halogenated alkanes) is 1. The molecule has 1 unspecified atom stereocenters. The highest BCUT2D eigenvalue weighted by Crippen LogP contribution is 2.35. The van der Waals surface area contributed by atoms with Gasteiger partial charge in [-0.15, -0.1) is 0 Å². The van der Waals surface area contributed by atoms with Crippen molar-refractivity contribution in [3.8, 4) is 16.9 Å². The van der Waals surface area contributed by atoms with Crippen LogP contribution in [0.3, 0.4) is 0 Å². The number of nitrogens with zero attached hydrogens (tertiary/aromatic N) is 1. The van der Waals surface area contributed by atoms with Crippen molar-refractivity contribution in [2.24, 2.45) is 0 Å². The maximum atomic E-state index is 12.1. The van der Waals surface area contributed by atoms with E-state index in [1.54, 1.807) is 29.6 Å². The molecule has 3 aromatic rings. The van der Waals surface area contributed by atoms with Gasteiger partial charge in [0.25, 0.3) is 0 Å². The molecule has 6 nitrogen and oxygen atoms in total. The molecule has 0 radical (unpaired) electrons. The fourth-order valence-electron chi connectivity index (χ4n) is 3.97. The number of carbonyl (C=O) groups is 1. The molecule has 0 aliphatic carbocycles. The molecule has 0 saturated heterocycles. The van der Waals surface area contributed by atoms with Crippen molar-refractivity contribution in [1.29, 1.82) is 0 Å². The first-order valence-electron chi connectivity index (χ1n) is 10.6. The largest absolute Gasteiger partial charge is 0.481 e. The summed E-state index contributed by atoms with van der Waals surface area (Å²) in [5.74, 6) is -1.63. The number of aliphatic hydroxyl groups is 1. The summed E-state index contributed by atoms with van der Waals surface area (Å²) in [5, 5.41) is 20.6. The Balaban J connectivity index is 2.18. The molecule has 0 saturated carbocycles. The Hall–Kier alpha value is -2.81. The summed E-state index contributed by atoms with van der Waals surface area (Å²) in [6.07, 6.45) is 2.72. The number of carboxylic acid groups (broad SMARTS) is 1. The first-order chi connectivity index (χ1) is 15.7. The van der Waals surface area contributed by atoms with Gasteiger partial charge in [-0.25, -0.2) is 8.42 Å². The first-order valence-corrected chi connectivity index (χ1v) is 13.0. The average molecular weight is 486 g/mol.